The second-order valence-corrected chi connectivity index (χ2v) is 5.51. The van der Waals surface area contributed by atoms with Crippen molar-refractivity contribution in [3.63, 3.8) is 0 Å². The van der Waals surface area contributed by atoms with E-state index < -0.39 is 5.41 Å². The van der Waals surface area contributed by atoms with Gasteiger partial charge in [-0.2, -0.15) is 0 Å². The van der Waals surface area contributed by atoms with E-state index in [4.69, 9.17) is 16.3 Å². The van der Waals surface area contributed by atoms with Gasteiger partial charge in [-0.15, -0.1) is 0 Å². The predicted octanol–water partition coefficient (Wildman–Crippen LogP) is 2.59. The quantitative estimate of drug-likeness (QED) is 0.664. The van der Waals surface area contributed by atoms with E-state index in [-0.39, 0.29) is 16.8 Å². The van der Waals surface area contributed by atoms with Crippen molar-refractivity contribution in [2.75, 3.05) is 7.11 Å². The van der Waals surface area contributed by atoms with Gasteiger partial charge in [0.1, 0.15) is 0 Å². The summed E-state index contributed by atoms with van der Waals surface area (Å²) in [4.78, 5) is 11.7. The number of hydrogen-bond donors (Lipinski definition) is 0. The summed E-state index contributed by atoms with van der Waals surface area (Å²) in [7, 11) is 1.68. The number of carbonyl (C=O) groups excluding carboxylic acids is 1. The molecule has 2 nitrogen and oxygen atoms in total. The zero-order valence-electron chi connectivity index (χ0n) is 8.97. The Labute approximate surface area is 90.0 Å². The zero-order chi connectivity index (χ0) is 10.6. The van der Waals surface area contributed by atoms with Gasteiger partial charge in [-0.1, -0.05) is 13.8 Å². The minimum Gasteiger partial charge on any atom is -0.380 e. The van der Waals surface area contributed by atoms with Crippen LogP contribution in [0.3, 0.4) is 0 Å². The lowest BCUT2D eigenvalue weighted by Crippen LogP contribution is -2.44. The Balaban J connectivity index is 2.46. The van der Waals surface area contributed by atoms with Crippen LogP contribution in [0.5, 0.6) is 0 Å². The molecule has 0 saturated heterocycles. The monoisotopic (exact) mass is 216 g/mol. The lowest BCUT2D eigenvalue weighted by molar-refractivity contribution is -0.133. The van der Waals surface area contributed by atoms with Crippen molar-refractivity contribution in [1.29, 1.82) is 0 Å². The fraction of sp³-hybridized carbons (Fsp3) is 0.909. The van der Waals surface area contributed by atoms with Gasteiger partial charge < -0.3 is 4.74 Å². The first-order valence-corrected chi connectivity index (χ1v) is 5.57. The molecular weight excluding hydrogens is 200 g/mol. The number of hydrogen-bond acceptors (Lipinski definition) is 2. The molecule has 0 N–H and O–H groups in total. The Morgan fingerprint density at radius 2 is 2.14 bits per heavy atom. The van der Waals surface area contributed by atoms with Crippen molar-refractivity contribution >= 4 is 16.8 Å². The number of rotatable bonds is 2. The van der Waals surface area contributed by atoms with Crippen molar-refractivity contribution in [1.82, 2.24) is 0 Å². The Hall–Kier alpha value is -0.0800. The molecule has 0 spiro atoms. The van der Waals surface area contributed by atoms with Crippen molar-refractivity contribution in [3.05, 3.63) is 0 Å². The molecule has 2 aliphatic carbocycles. The largest absolute Gasteiger partial charge is 0.380 e. The number of fused-ring (bicyclic) bond motifs is 2. The van der Waals surface area contributed by atoms with Gasteiger partial charge in [-0.05, 0) is 42.2 Å². The fourth-order valence-corrected chi connectivity index (χ4v) is 4.13. The van der Waals surface area contributed by atoms with Crippen LogP contribution in [0, 0.1) is 16.7 Å². The molecule has 0 radical (unpaired) electrons. The third-order valence-electron chi connectivity index (χ3n) is 4.74. The summed E-state index contributed by atoms with van der Waals surface area (Å²) in [5.74, 6) is 0.593. The van der Waals surface area contributed by atoms with E-state index in [1.165, 1.54) is 0 Å². The molecule has 3 atom stereocenters. The molecule has 0 amide bonds. The second-order valence-electron chi connectivity index (χ2n) is 5.16. The third-order valence-corrected chi connectivity index (χ3v) is 5.08. The minimum atomic E-state index is -0.423. The van der Waals surface area contributed by atoms with E-state index in [1.807, 2.05) is 0 Å². The average molecular weight is 217 g/mol. The third kappa shape index (κ3) is 0.938. The molecule has 14 heavy (non-hydrogen) atoms. The van der Waals surface area contributed by atoms with E-state index in [9.17, 15) is 4.79 Å². The average Bonchev–Trinajstić information content (AvgIpc) is 2.51. The van der Waals surface area contributed by atoms with Gasteiger partial charge in [-0.3, -0.25) is 4.79 Å². The van der Waals surface area contributed by atoms with Crippen LogP contribution in [0.1, 0.15) is 33.1 Å². The molecule has 2 aliphatic rings. The highest BCUT2D eigenvalue weighted by molar-refractivity contribution is 6.65. The van der Waals surface area contributed by atoms with Crippen molar-refractivity contribution < 1.29 is 9.53 Å². The molecule has 2 fully saturated rings. The van der Waals surface area contributed by atoms with Crippen LogP contribution in [0.2, 0.25) is 0 Å². The van der Waals surface area contributed by atoms with Crippen LogP contribution in [0.4, 0.5) is 0 Å². The molecule has 0 aromatic carbocycles. The SMILES string of the molecule is CO[C@@H]1C[C@H]2CC[C@]1(C(=O)Cl)C2(C)C. The summed E-state index contributed by atoms with van der Waals surface area (Å²) in [5.41, 5.74) is -0.416. The van der Waals surface area contributed by atoms with Gasteiger partial charge >= 0.3 is 0 Å². The Morgan fingerprint density at radius 3 is 2.50 bits per heavy atom. The molecular formula is C11H17ClO2. The lowest BCUT2D eigenvalue weighted by Gasteiger charge is -2.38. The molecule has 0 aromatic heterocycles. The van der Waals surface area contributed by atoms with Crippen LogP contribution in [0.25, 0.3) is 0 Å². The lowest BCUT2D eigenvalue weighted by atomic mass is 9.69. The first-order chi connectivity index (χ1) is 6.46. The van der Waals surface area contributed by atoms with Crippen LogP contribution < -0.4 is 0 Å². The molecule has 2 rings (SSSR count). The summed E-state index contributed by atoms with van der Waals surface area (Å²) in [6, 6.07) is 0. The van der Waals surface area contributed by atoms with E-state index in [1.54, 1.807) is 7.11 Å². The highest BCUT2D eigenvalue weighted by Gasteiger charge is 2.67. The van der Waals surface area contributed by atoms with Crippen molar-refractivity contribution in [2.45, 2.75) is 39.2 Å². The first-order valence-electron chi connectivity index (χ1n) is 5.19. The van der Waals surface area contributed by atoms with Gasteiger partial charge in [-0.25, -0.2) is 0 Å². The number of methoxy groups -OCH3 is 1. The summed E-state index contributed by atoms with van der Waals surface area (Å²) < 4.78 is 5.44. The first kappa shape index (κ1) is 10.4. The van der Waals surface area contributed by atoms with Gasteiger partial charge in [0.15, 0.2) is 0 Å². The van der Waals surface area contributed by atoms with Crippen molar-refractivity contribution in [2.24, 2.45) is 16.7 Å². The van der Waals surface area contributed by atoms with Gasteiger partial charge in [0.25, 0.3) is 0 Å². The van der Waals surface area contributed by atoms with Crippen LogP contribution in [0.15, 0.2) is 0 Å². The van der Waals surface area contributed by atoms with Crippen molar-refractivity contribution in [3.8, 4) is 0 Å². The Kier molecular flexibility index (Phi) is 2.20. The molecule has 80 valence electrons. The highest BCUT2D eigenvalue weighted by Crippen LogP contribution is 2.67. The maximum absolute atomic E-state index is 11.7. The summed E-state index contributed by atoms with van der Waals surface area (Å²) >= 11 is 5.81. The molecule has 2 bridgehead atoms. The molecule has 0 aliphatic heterocycles. The topological polar surface area (TPSA) is 26.3 Å². The van der Waals surface area contributed by atoms with E-state index >= 15 is 0 Å². The number of ether oxygens (including phenoxy) is 1. The molecule has 0 unspecified atom stereocenters. The van der Waals surface area contributed by atoms with Crippen LogP contribution in [-0.2, 0) is 9.53 Å². The molecule has 0 aromatic rings. The Bertz CT molecular complexity index is 274. The molecule has 3 heteroatoms. The normalized spacial score (nSPS) is 44.3. The smallest absolute Gasteiger partial charge is 0.230 e. The van der Waals surface area contributed by atoms with E-state index in [0.717, 1.165) is 19.3 Å². The minimum absolute atomic E-state index is 0.00646. The zero-order valence-corrected chi connectivity index (χ0v) is 9.73. The van der Waals surface area contributed by atoms with E-state index in [2.05, 4.69) is 13.8 Å². The number of carbonyl (C=O) groups is 1. The van der Waals surface area contributed by atoms with Gasteiger partial charge in [0.05, 0.1) is 11.5 Å². The Morgan fingerprint density at radius 1 is 1.50 bits per heavy atom. The van der Waals surface area contributed by atoms with Crippen LogP contribution in [-0.4, -0.2) is 18.5 Å². The van der Waals surface area contributed by atoms with Gasteiger partial charge in [0, 0.05) is 7.11 Å². The summed E-state index contributed by atoms with van der Waals surface area (Å²) in [6.45, 7) is 4.31. The summed E-state index contributed by atoms with van der Waals surface area (Å²) in [5, 5.41) is -0.200. The molecule has 2 saturated carbocycles. The maximum atomic E-state index is 11.7. The fourth-order valence-electron chi connectivity index (χ4n) is 3.67. The van der Waals surface area contributed by atoms with Crippen LogP contribution >= 0.6 is 11.6 Å². The summed E-state index contributed by atoms with van der Waals surface area (Å²) in [6.07, 6.45) is 3.03. The molecule has 0 heterocycles. The van der Waals surface area contributed by atoms with Gasteiger partial charge in [0.2, 0.25) is 5.24 Å². The standard InChI is InChI=1S/C11H17ClO2/c1-10(2)7-4-5-11(10,9(12)13)8(6-7)14-3/h7-8H,4-6H2,1-3H3/t7-,8-,11+/m1/s1. The highest BCUT2D eigenvalue weighted by atomic mass is 35.5. The predicted molar refractivity (Wildman–Crippen MR) is 55.2 cm³/mol. The second kappa shape index (κ2) is 2.96. The maximum Gasteiger partial charge on any atom is 0.230 e. The van der Waals surface area contributed by atoms with E-state index in [0.29, 0.717) is 5.92 Å². The number of halogens is 1.